The van der Waals surface area contributed by atoms with E-state index in [9.17, 15) is 0 Å². The average Bonchev–Trinajstić information content (AvgIpc) is 3.53. The summed E-state index contributed by atoms with van der Waals surface area (Å²) in [7, 11) is 3.17. The Labute approximate surface area is 201 Å². The lowest BCUT2D eigenvalue weighted by atomic mass is 10.2. The third kappa shape index (κ3) is 4.86. The second-order valence-corrected chi connectivity index (χ2v) is 7.49. The van der Waals surface area contributed by atoms with E-state index in [0.717, 1.165) is 30.9 Å². The Balaban J connectivity index is 0.000000196. The fraction of sp³-hybridized carbons (Fsp3) is 0.227. The predicted molar refractivity (Wildman–Crippen MR) is 128 cm³/mol. The second kappa shape index (κ2) is 10.5. The van der Waals surface area contributed by atoms with E-state index >= 15 is 0 Å². The third-order valence-electron chi connectivity index (χ3n) is 4.84. The van der Waals surface area contributed by atoms with Crippen LogP contribution < -0.4 is 18.9 Å². The van der Waals surface area contributed by atoms with Gasteiger partial charge < -0.3 is 23.3 Å². The van der Waals surface area contributed by atoms with Crippen LogP contribution in [-0.4, -0.2) is 40.6 Å². The standard InChI is InChI=1S/C14H14N4O3S.C8H8ClNO/c1-19-9-5-3-6-10(20-2)12(9)18-13(11-7-4-8-21-11)15-16-14(18)17-22;9-6-4-8-7(10-5-6)2-1-3-11-8/h3-8,22H,1-2H3,(H,16,17);4-5H,1-3H2. The minimum Gasteiger partial charge on any atom is -0.494 e. The van der Waals surface area contributed by atoms with Crippen molar-refractivity contribution in [2.24, 2.45) is 0 Å². The van der Waals surface area contributed by atoms with E-state index in [1.807, 2.05) is 24.3 Å². The lowest BCUT2D eigenvalue weighted by Gasteiger charge is -2.16. The smallest absolute Gasteiger partial charge is 0.239 e. The fourth-order valence-electron chi connectivity index (χ4n) is 3.37. The Morgan fingerprint density at radius 2 is 1.91 bits per heavy atom. The maximum absolute atomic E-state index is 5.73. The van der Waals surface area contributed by atoms with Crippen molar-refractivity contribution in [3.8, 4) is 34.5 Å². The molecule has 11 heteroatoms. The zero-order valence-electron chi connectivity index (χ0n) is 18.0. The SMILES string of the molecule is COc1cccc(OC)c1-n1c(NS)nnc1-c1ccco1.Clc1cnc2c(c1)OCCC2. The first-order valence-electron chi connectivity index (χ1n) is 10.0. The number of nitrogens with one attached hydrogen (secondary N) is 1. The number of rotatable bonds is 5. The van der Waals surface area contributed by atoms with E-state index in [1.165, 1.54) is 0 Å². The first-order valence-corrected chi connectivity index (χ1v) is 10.9. The number of hydrogen-bond acceptors (Lipinski definition) is 9. The number of para-hydroxylation sites is 1. The number of ether oxygens (including phenoxy) is 3. The Morgan fingerprint density at radius 1 is 1.12 bits per heavy atom. The number of benzene rings is 1. The van der Waals surface area contributed by atoms with E-state index in [1.54, 1.807) is 43.4 Å². The molecule has 5 rings (SSSR count). The molecule has 1 aliphatic heterocycles. The molecule has 4 aromatic rings. The van der Waals surface area contributed by atoms with Crippen molar-refractivity contribution in [1.29, 1.82) is 0 Å². The van der Waals surface area contributed by atoms with Crippen LogP contribution in [0.2, 0.25) is 5.02 Å². The summed E-state index contributed by atoms with van der Waals surface area (Å²) >= 11 is 9.82. The lowest BCUT2D eigenvalue weighted by Crippen LogP contribution is -2.09. The molecule has 1 aliphatic rings. The van der Waals surface area contributed by atoms with Crippen LogP contribution in [-0.2, 0) is 6.42 Å². The number of fused-ring (bicyclic) bond motifs is 1. The first-order chi connectivity index (χ1) is 16.2. The number of anilines is 1. The van der Waals surface area contributed by atoms with Gasteiger partial charge in [-0.05, 0) is 37.1 Å². The van der Waals surface area contributed by atoms with Crippen LogP contribution in [0.1, 0.15) is 12.1 Å². The van der Waals surface area contributed by atoms with Crippen LogP contribution in [0.15, 0.2) is 53.3 Å². The summed E-state index contributed by atoms with van der Waals surface area (Å²) in [4.78, 5) is 4.16. The highest BCUT2D eigenvalue weighted by atomic mass is 35.5. The highest BCUT2D eigenvalue weighted by molar-refractivity contribution is 7.81. The van der Waals surface area contributed by atoms with Gasteiger partial charge in [-0.3, -0.25) is 9.55 Å². The summed E-state index contributed by atoms with van der Waals surface area (Å²) in [5, 5.41) is 8.87. The van der Waals surface area contributed by atoms with Gasteiger partial charge in [-0.25, -0.2) is 0 Å². The Morgan fingerprint density at radius 3 is 2.58 bits per heavy atom. The topological polar surface area (TPSA) is 96.5 Å². The van der Waals surface area contributed by atoms with Crippen LogP contribution >= 0.6 is 24.4 Å². The Bertz CT molecular complexity index is 1190. The van der Waals surface area contributed by atoms with Gasteiger partial charge in [0, 0.05) is 12.3 Å². The highest BCUT2D eigenvalue weighted by Gasteiger charge is 2.23. The molecule has 172 valence electrons. The van der Waals surface area contributed by atoms with Gasteiger partial charge >= 0.3 is 0 Å². The average molecular weight is 488 g/mol. The van der Waals surface area contributed by atoms with Gasteiger partial charge in [-0.2, -0.15) is 0 Å². The van der Waals surface area contributed by atoms with Crippen LogP contribution in [0.3, 0.4) is 0 Å². The van der Waals surface area contributed by atoms with Crippen LogP contribution in [0.4, 0.5) is 5.95 Å². The molecule has 1 aromatic carbocycles. The number of nitrogens with zero attached hydrogens (tertiary/aromatic N) is 4. The first kappa shape index (κ1) is 22.8. The third-order valence-corrected chi connectivity index (χ3v) is 5.25. The van der Waals surface area contributed by atoms with E-state index in [4.69, 9.17) is 30.2 Å². The van der Waals surface area contributed by atoms with E-state index < -0.39 is 0 Å². The van der Waals surface area contributed by atoms with Crippen molar-refractivity contribution in [3.63, 3.8) is 0 Å². The number of aromatic nitrogens is 4. The fourth-order valence-corrected chi connectivity index (χ4v) is 3.66. The molecule has 0 radical (unpaired) electrons. The summed E-state index contributed by atoms with van der Waals surface area (Å²) < 4.78 is 26.1. The van der Waals surface area contributed by atoms with Gasteiger partial charge in [0.05, 0.1) is 37.8 Å². The molecule has 3 aromatic heterocycles. The minimum atomic E-state index is 0.414. The van der Waals surface area contributed by atoms with Crippen molar-refractivity contribution in [1.82, 2.24) is 19.7 Å². The van der Waals surface area contributed by atoms with Crippen molar-refractivity contribution in [3.05, 3.63) is 59.6 Å². The summed E-state index contributed by atoms with van der Waals surface area (Å²) in [5.41, 5.74) is 1.68. The summed E-state index contributed by atoms with van der Waals surface area (Å²) in [6, 6.07) is 10.9. The summed E-state index contributed by atoms with van der Waals surface area (Å²) in [6.45, 7) is 0.787. The summed E-state index contributed by atoms with van der Waals surface area (Å²) in [5.74, 6) is 3.55. The molecule has 1 N–H and O–H groups in total. The number of halogens is 1. The molecular formula is C22H22ClN5O4S. The van der Waals surface area contributed by atoms with Crippen molar-refractivity contribution >= 4 is 30.4 Å². The number of pyridine rings is 1. The number of thiol groups is 1. The zero-order chi connectivity index (χ0) is 23.2. The maximum Gasteiger partial charge on any atom is 0.239 e. The quantitative estimate of drug-likeness (QED) is 0.385. The Hall–Kier alpha value is -3.37. The largest absolute Gasteiger partial charge is 0.494 e. The summed E-state index contributed by atoms with van der Waals surface area (Å²) in [6.07, 6.45) is 5.30. The number of furan rings is 1. The normalized spacial score (nSPS) is 12.1. The van der Waals surface area contributed by atoms with Gasteiger partial charge in [-0.15, -0.1) is 10.2 Å². The molecule has 0 aliphatic carbocycles. The van der Waals surface area contributed by atoms with Crippen LogP contribution in [0, 0.1) is 0 Å². The van der Waals surface area contributed by atoms with E-state index in [0.29, 0.717) is 39.7 Å². The van der Waals surface area contributed by atoms with Crippen LogP contribution in [0.5, 0.6) is 17.2 Å². The molecule has 9 nitrogen and oxygen atoms in total. The van der Waals surface area contributed by atoms with E-state index in [-0.39, 0.29) is 0 Å². The molecule has 0 unspecified atom stereocenters. The molecule has 0 fully saturated rings. The molecule has 0 saturated carbocycles. The lowest BCUT2D eigenvalue weighted by molar-refractivity contribution is 0.285. The second-order valence-electron chi connectivity index (χ2n) is 6.83. The minimum absolute atomic E-state index is 0.414. The molecule has 0 saturated heterocycles. The Kier molecular flexibility index (Phi) is 7.26. The molecule has 0 atom stereocenters. The molecule has 0 amide bonds. The highest BCUT2D eigenvalue weighted by Crippen LogP contribution is 2.37. The molecule has 0 bridgehead atoms. The van der Waals surface area contributed by atoms with Crippen molar-refractivity contribution in [2.75, 3.05) is 25.5 Å². The maximum atomic E-state index is 5.73. The number of methoxy groups -OCH3 is 2. The van der Waals surface area contributed by atoms with Gasteiger partial charge in [-0.1, -0.05) is 30.5 Å². The van der Waals surface area contributed by atoms with Gasteiger partial charge in [0.1, 0.15) is 22.9 Å². The molecular weight excluding hydrogens is 466 g/mol. The monoisotopic (exact) mass is 487 g/mol. The molecule has 33 heavy (non-hydrogen) atoms. The van der Waals surface area contributed by atoms with Crippen molar-refractivity contribution in [2.45, 2.75) is 12.8 Å². The molecule has 4 heterocycles. The van der Waals surface area contributed by atoms with Gasteiger partial charge in [0.25, 0.3) is 0 Å². The molecule has 0 spiro atoms. The number of hydrogen-bond donors (Lipinski definition) is 2. The van der Waals surface area contributed by atoms with Gasteiger partial charge in [0.2, 0.25) is 11.8 Å². The van der Waals surface area contributed by atoms with E-state index in [2.05, 4.69) is 32.7 Å². The van der Waals surface area contributed by atoms with Crippen LogP contribution in [0.25, 0.3) is 17.3 Å². The van der Waals surface area contributed by atoms with Gasteiger partial charge in [0.15, 0.2) is 5.76 Å². The predicted octanol–water partition coefficient (Wildman–Crippen LogP) is 4.86. The van der Waals surface area contributed by atoms with Crippen molar-refractivity contribution < 1.29 is 18.6 Å². The number of aryl methyl sites for hydroxylation is 1. The zero-order valence-corrected chi connectivity index (χ0v) is 19.6.